The molecule has 0 aliphatic carbocycles. The average molecular weight is 708 g/mol. The van der Waals surface area contributed by atoms with Gasteiger partial charge < -0.3 is 14.2 Å². The van der Waals surface area contributed by atoms with E-state index in [2.05, 4.69) is 83.1 Å². The lowest BCUT2D eigenvalue weighted by Gasteiger charge is -2.27. The van der Waals surface area contributed by atoms with Crippen LogP contribution in [0.1, 0.15) is 186 Å². The van der Waals surface area contributed by atoms with Crippen LogP contribution in [0.2, 0.25) is 0 Å². The molecule has 0 heterocycles. The number of alkyl halides is 2. The van der Waals surface area contributed by atoms with Gasteiger partial charge in [0.15, 0.2) is 12.6 Å². The summed E-state index contributed by atoms with van der Waals surface area (Å²) >= 11 is 12.5. The molecule has 0 N–H and O–H groups in total. The highest BCUT2D eigenvalue weighted by Gasteiger charge is 2.21. The highest BCUT2D eigenvalue weighted by atomic mass is 35.5. The van der Waals surface area contributed by atoms with E-state index in [0.717, 1.165) is 100 Å². The highest BCUT2D eigenvalue weighted by molar-refractivity contribution is 6.20. The Kier molecular flexibility index (Phi) is 29.4. The summed E-state index contributed by atoms with van der Waals surface area (Å²) in [6.45, 7) is 29.4. The van der Waals surface area contributed by atoms with Gasteiger partial charge in [-0.05, 0) is 151 Å². The monoisotopic (exact) mass is 707 g/mol. The van der Waals surface area contributed by atoms with E-state index in [-0.39, 0.29) is 23.3 Å². The van der Waals surface area contributed by atoms with E-state index in [1.54, 1.807) is 0 Å². The first-order chi connectivity index (χ1) is 22.1. The predicted molar refractivity (Wildman–Crippen MR) is 210 cm³/mol. The van der Waals surface area contributed by atoms with Gasteiger partial charge in [-0.3, -0.25) is 0 Å². The standard InChI is InChI=1S/C42H84Cl2O3/c1-13-21-45-41(19-15-17-31(3)23-33(5)25-35(7)27-37(9)29-39(11)43)47-42(46-22-14-2)20-16-18-32(4)24-34(6)26-36(8)28-38(10)30-40(12)44/h31-42H,13-30H2,1-12H3. The van der Waals surface area contributed by atoms with E-state index < -0.39 is 0 Å². The zero-order chi connectivity index (χ0) is 35.8. The molecule has 0 aromatic carbocycles. The first-order valence-corrected chi connectivity index (χ1v) is 21.2. The molecule has 0 aliphatic heterocycles. The Bertz CT molecular complexity index is 633. The maximum atomic E-state index is 6.55. The van der Waals surface area contributed by atoms with Crippen molar-refractivity contribution in [2.45, 2.75) is 209 Å². The summed E-state index contributed by atoms with van der Waals surface area (Å²) in [5.74, 6) is 5.93. The van der Waals surface area contributed by atoms with Crippen molar-refractivity contribution in [3.05, 3.63) is 0 Å². The summed E-state index contributed by atoms with van der Waals surface area (Å²) in [4.78, 5) is 0. The normalized spacial score (nSPS) is 20.0. The molecule has 5 heteroatoms. The molecule has 0 spiro atoms. The second-order valence-electron chi connectivity index (χ2n) is 16.9. The summed E-state index contributed by atoms with van der Waals surface area (Å²) in [7, 11) is 0. The Morgan fingerprint density at radius 1 is 0.383 bits per heavy atom. The van der Waals surface area contributed by atoms with Crippen molar-refractivity contribution in [2.24, 2.45) is 47.3 Å². The average Bonchev–Trinajstić information content (AvgIpc) is 2.92. The van der Waals surface area contributed by atoms with Gasteiger partial charge in [0.25, 0.3) is 0 Å². The highest BCUT2D eigenvalue weighted by Crippen LogP contribution is 2.30. The van der Waals surface area contributed by atoms with Gasteiger partial charge in [0.05, 0.1) is 0 Å². The molecule has 0 aromatic rings. The van der Waals surface area contributed by atoms with Crippen molar-refractivity contribution in [3.63, 3.8) is 0 Å². The molecule has 0 fully saturated rings. The summed E-state index contributed by atoms with van der Waals surface area (Å²) in [5.41, 5.74) is 0. The molecule has 0 amide bonds. The van der Waals surface area contributed by atoms with Crippen molar-refractivity contribution in [3.8, 4) is 0 Å². The third-order valence-corrected chi connectivity index (χ3v) is 10.2. The van der Waals surface area contributed by atoms with Crippen molar-refractivity contribution in [1.82, 2.24) is 0 Å². The number of rotatable bonds is 32. The van der Waals surface area contributed by atoms with E-state index in [9.17, 15) is 0 Å². The van der Waals surface area contributed by atoms with Gasteiger partial charge in [-0.25, -0.2) is 0 Å². The molecule has 3 nitrogen and oxygen atoms in total. The zero-order valence-electron chi connectivity index (χ0n) is 33.6. The Labute approximate surface area is 306 Å². The molecule has 0 bridgehead atoms. The van der Waals surface area contributed by atoms with Crippen LogP contribution >= 0.6 is 23.2 Å². The fraction of sp³-hybridized carbons (Fsp3) is 1.00. The van der Waals surface area contributed by atoms with Crippen LogP contribution in [0.4, 0.5) is 0 Å². The van der Waals surface area contributed by atoms with Crippen molar-refractivity contribution in [1.29, 1.82) is 0 Å². The Balaban J connectivity index is 4.69. The summed E-state index contributed by atoms with van der Waals surface area (Å²) in [5, 5.41) is 0.563. The lowest BCUT2D eigenvalue weighted by atomic mass is 9.83. The second kappa shape index (κ2) is 29.1. The molecule has 0 radical (unpaired) electrons. The Morgan fingerprint density at radius 2 is 0.660 bits per heavy atom. The van der Waals surface area contributed by atoms with E-state index in [0.29, 0.717) is 11.8 Å². The molecular weight excluding hydrogens is 623 g/mol. The van der Waals surface area contributed by atoms with Crippen molar-refractivity contribution < 1.29 is 14.2 Å². The second-order valence-corrected chi connectivity index (χ2v) is 18.4. The van der Waals surface area contributed by atoms with Crippen LogP contribution in [0, 0.1) is 47.3 Å². The first kappa shape index (κ1) is 47.5. The quantitative estimate of drug-likeness (QED) is 0.0515. The molecule has 0 saturated carbocycles. The first-order valence-electron chi connectivity index (χ1n) is 20.3. The molecular formula is C42H84Cl2O3. The smallest absolute Gasteiger partial charge is 0.160 e. The molecule has 0 saturated heterocycles. The van der Waals surface area contributed by atoms with Crippen LogP contribution in [0.25, 0.3) is 0 Å². The van der Waals surface area contributed by atoms with Crippen LogP contribution in [-0.2, 0) is 14.2 Å². The van der Waals surface area contributed by atoms with Gasteiger partial charge >= 0.3 is 0 Å². The largest absolute Gasteiger partial charge is 0.353 e. The molecule has 0 aromatic heterocycles. The topological polar surface area (TPSA) is 27.7 Å². The van der Waals surface area contributed by atoms with Gasteiger partial charge in [-0.15, -0.1) is 23.2 Å². The van der Waals surface area contributed by atoms with Crippen LogP contribution in [0.5, 0.6) is 0 Å². The fourth-order valence-electron chi connectivity index (χ4n) is 8.36. The minimum absolute atomic E-state index is 0.171. The maximum Gasteiger partial charge on any atom is 0.160 e. The Morgan fingerprint density at radius 3 is 0.936 bits per heavy atom. The van der Waals surface area contributed by atoms with Crippen LogP contribution in [0.3, 0.4) is 0 Å². The zero-order valence-corrected chi connectivity index (χ0v) is 35.1. The van der Waals surface area contributed by atoms with E-state index in [4.69, 9.17) is 37.4 Å². The molecule has 12 unspecified atom stereocenters. The third kappa shape index (κ3) is 28.8. The lowest BCUT2D eigenvalue weighted by Crippen LogP contribution is -2.28. The summed E-state index contributed by atoms with van der Waals surface area (Å²) in [6, 6.07) is 0. The SMILES string of the molecule is CCCOC(CCCC(C)CC(C)CC(C)CC(C)CC(C)Cl)OC(CCCC(C)CC(C)CC(C)CC(C)CC(C)Cl)OCCC. The number of hydrogen-bond donors (Lipinski definition) is 0. The minimum Gasteiger partial charge on any atom is -0.353 e. The van der Waals surface area contributed by atoms with Crippen molar-refractivity contribution in [2.75, 3.05) is 13.2 Å². The van der Waals surface area contributed by atoms with Gasteiger partial charge in [0.1, 0.15) is 0 Å². The summed E-state index contributed by atoms with van der Waals surface area (Å²) < 4.78 is 19.0. The van der Waals surface area contributed by atoms with Gasteiger partial charge in [-0.2, -0.15) is 0 Å². The Hall–Kier alpha value is 0.460. The van der Waals surface area contributed by atoms with E-state index >= 15 is 0 Å². The van der Waals surface area contributed by atoms with Crippen LogP contribution < -0.4 is 0 Å². The van der Waals surface area contributed by atoms with Crippen LogP contribution in [-0.4, -0.2) is 36.5 Å². The molecule has 47 heavy (non-hydrogen) atoms. The predicted octanol–water partition coefficient (Wildman–Crippen LogP) is 14.3. The van der Waals surface area contributed by atoms with E-state index in [1.165, 1.54) is 51.4 Å². The third-order valence-electron chi connectivity index (χ3n) is 9.88. The molecule has 284 valence electrons. The fourth-order valence-corrected chi connectivity index (χ4v) is 8.97. The number of hydrogen-bond acceptors (Lipinski definition) is 3. The maximum absolute atomic E-state index is 6.55. The molecule has 0 rings (SSSR count). The number of halogens is 2. The lowest BCUT2D eigenvalue weighted by molar-refractivity contribution is -0.250. The van der Waals surface area contributed by atoms with Gasteiger partial charge in [0, 0.05) is 24.0 Å². The van der Waals surface area contributed by atoms with Gasteiger partial charge in [-0.1, -0.05) is 82.1 Å². The summed E-state index contributed by atoms with van der Waals surface area (Å²) in [6.07, 6.45) is 18.4. The molecule has 0 aliphatic rings. The molecule has 12 atom stereocenters. The van der Waals surface area contributed by atoms with Crippen molar-refractivity contribution >= 4 is 23.2 Å². The van der Waals surface area contributed by atoms with Crippen LogP contribution in [0.15, 0.2) is 0 Å². The van der Waals surface area contributed by atoms with E-state index in [1.807, 2.05) is 0 Å². The number of ether oxygens (including phenoxy) is 3. The van der Waals surface area contributed by atoms with Gasteiger partial charge in [0.2, 0.25) is 0 Å². The minimum atomic E-state index is -0.171.